The van der Waals surface area contributed by atoms with Crippen LogP contribution < -0.4 is 10.1 Å². The topological polar surface area (TPSA) is 130 Å². The molecular weight excluding hydrogens is 460 g/mol. The van der Waals surface area contributed by atoms with Gasteiger partial charge in [-0.15, -0.1) is 0 Å². The number of amides is 3. The van der Waals surface area contributed by atoms with Crippen LogP contribution in [0, 0.1) is 5.92 Å². The summed E-state index contributed by atoms with van der Waals surface area (Å²) in [7, 11) is -3.63. The van der Waals surface area contributed by atoms with E-state index < -0.39 is 33.5 Å². The number of sulfone groups is 1. The Morgan fingerprint density at radius 2 is 2.00 bits per heavy atom. The predicted octanol–water partition coefficient (Wildman–Crippen LogP) is 2.43. The fourth-order valence-corrected chi connectivity index (χ4v) is 5.28. The standard InChI is InChI=1S/C21H27ClN2O7S/c22-17-7-6-15(10-18(17)31-12-14-4-5-14)16(20(26)27)13-32(29,30)9-3-1-2-8-24-11-19(25)23-21(24)28/h6-7,10,14,16H,1-5,8-9,11-13H2,(H,26,27)(H,23,25,28)/t16-/m0/s1. The fraction of sp³-hybridized carbons (Fsp3) is 0.571. The molecule has 2 fully saturated rings. The van der Waals surface area contributed by atoms with Crippen molar-refractivity contribution in [2.24, 2.45) is 5.92 Å². The van der Waals surface area contributed by atoms with Gasteiger partial charge in [0.1, 0.15) is 12.3 Å². The molecule has 1 aliphatic heterocycles. The number of halogens is 1. The van der Waals surface area contributed by atoms with Crippen LogP contribution in [0.5, 0.6) is 5.75 Å². The second-order valence-electron chi connectivity index (χ2n) is 8.28. The van der Waals surface area contributed by atoms with Crippen LogP contribution in [0.4, 0.5) is 4.79 Å². The molecule has 32 heavy (non-hydrogen) atoms. The minimum atomic E-state index is -3.63. The number of imide groups is 1. The molecule has 1 atom stereocenters. The molecule has 9 nitrogen and oxygen atoms in total. The largest absolute Gasteiger partial charge is 0.492 e. The van der Waals surface area contributed by atoms with E-state index in [1.165, 1.54) is 23.1 Å². The summed E-state index contributed by atoms with van der Waals surface area (Å²) in [5, 5.41) is 12.2. The number of carbonyl (C=O) groups is 3. The third-order valence-corrected chi connectivity index (χ3v) is 7.56. The highest BCUT2D eigenvalue weighted by Gasteiger charge is 2.29. The maximum Gasteiger partial charge on any atom is 0.324 e. The molecule has 1 saturated heterocycles. The molecule has 2 N–H and O–H groups in total. The predicted molar refractivity (Wildman–Crippen MR) is 118 cm³/mol. The molecule has 1 aromatic rings. The minimum absolute atomic E-state index is 0.0187. The first-order valence-corrected chi connectivity index (χ1v) is 12.8. The first-order valence-electron chi connectivity index (χ1n) is 10.6. The van der Waals surface area contributed by atoms with Crippen LogP contribution in [0.2, 0.25) is 5.02 Å². The quantitative estimate of drug-likeness (QED) is 0.323. The van der Waals surface area contributed by atoms with Crippen molar-refractivity contribution in [3.05, 3.63) is 28.8 Å². The van der Waals surface area contributed by atoms with E-state index in [-0.39, 0.29) is 18.2 Å². The summed E-state index contributed by atoms with van der Waals surface area (Å²) < 4.78 is 30.8. The second kappa shape index (κ2) is 10.5. The molecule has 0 unspecified atom stereocenters. The first kappa shape index (κ1) is 24.3. The molecular formula is C21H27ClN2O7S. The van der Waals surface area contributed by atoms with E-state index in [9.17, 15) is 27.9 Å². The molecule has 2 aliphatic rings. The van der Waals surface area contributed by atoms with Gasteiger partial charge in [0.05, 0.1) is 29.1 Å². The number of hydrogen-bond acceptors (Lipinski definition) is 6. The van der Waals surface area contributed by atoms with Crippen LogP contribution in [0.25, 0.3) is 0 Å². The normalized spacial score (nSPS) is 17.3. The van der Waals surface area contributed by atoms with Crippen LogP contribution >= 0.6 is 11.6 Å². The molecule has 0 spiro atoms. The van der Waals surface area contributed by atoms with Crippen molar-refractivity contribution in [3.8, 4) is 5.75 Å². The van der Waals surface area contributed by atoms with Gasteiger partial charge >= 0.3 is 12.0 Å². The van der Waals surface area contributed by atoms with Gasteiger partial charge in [-0.05, 0) is 49.3 Å². The van der Waals surface area contributed by atoms with Crippen molar-refractivity contribution < 1.29 is 32.6 Å². The average Bonchev–Trinajstić information content (AvgIpc) is 3.49. The third-order valence-electron chi connectivity index (χ3n) is 5.50. The summed E-state index contributed by atoms with van der Waals surface area (Å²) in [5.74, 6) is -2.61. The van der Waals surface area contributed by atoms with E-state index in [1.807, 2.05) is 0 Å². The number of unbranched alkanes of at least 4 members (excludes halogenated alkanes) is 2. The van der Waals surface area contributed by atoms with Crippen LogP contribution in [0.1, 0.15) is 43.6 Å². The number of urea groups is 1. The Bertz CT molecular complexity index is 978. The van der Waals surface area contributed by atoms with Gasteiger partial charge in [-0.3, -0.25) is 14.9 Å². The maximum atomic E-state index is 12.6. The minimum Gasteiger partial charge on any atom is -0.492 e. The zero-order valence-electron chi connectivity index (χ0n) is 17.6. The van der Waals surface area contributed by atoms with Gasteiger partial charge in [0.25, 0.3) is 0 Å². The highest BCUT2D eigenvalue weighted by Crippen LogP contribution is 2.33. The summed E-state index contributed by atoms with van der Waals surface area (Å²) >= 11 is 6.14. The van der Waals surface area contributed by atoms with Gasteiger partial charge in [0, 0.05) is 6.54 Å². The van der Waals surface area contributed by atoms with E-state index in [1.54, 1.807) is 0 Å². The highest BCUT2D eigenvalue weighted by atomic mass is 35.5. The summed E-state index contributed by atoms with van der Waals surface area (Å²) in [6.45, 7) is 0.890. The molecule has 1 heterocycles. The Hall–Kier alpha value is -2.33. The zero-order valence-corrected chi connectivity index (χ0v) is 19.2. The van der Waals surface area contributed by atoms with Gasteiger partial charge < -0.3 is 14.7 Å². The lowest BCUT2D eigenvalue weighted by molar-refractivity contribution is -0.138. The molecule has 1 aliphatic carbocycles. The highest BCUT2D eigenvalue weighted by molar-refractivity contribution is 7.91. The van der Waals surface area contributed by atoms with Crippen molar-refractivity contribution in [3.63, 3.8) is 0 Å². The van der Waals surface area contributed by atoms with Crippen LogP contribution in [0.15, 0.2) is 18.2 Å². The van der Waals surface area contributed by atoms with Crippen molar-refractivity contribution in [1.29, 1.82) is 0 Å². The number of aliphatic carboxylic acids is 1. The van der Waals surface area contributed by atoms with Crippen molar-refractivity contribution in [2.45, 2.75) is 38.0 Å². The summed E-state index contributed by atoms with van der Waals surface area (Å²) in [5.41, 5.74) is 0.334. The van der Waals surface area contributed by atoms with Crippen molar-refractivity contribution >= 4 is 39.3 Å². The number of rotatable bonds is 13. The molecule has 0 bridgehead atoms. The SMILES string of the molecule is O=C1CN(CCCCCS(=O)(=O)C[C@H](C(=O)O)c2ccc(Cl)c(OCC3CC3)c2)C(=O)N1. The molecule has 1 saturated carbocycles. The smallest absolute Gasteiger partial charge is 0.324 e. The fourth-order valence-electron chi connectivity index (χ4n) is 3.45. The van der Waals surface area contributed by atoms with E-state index in [0.717, 1.165) is 12.8 Å². The van der Waals surface area contributed by atoms with Crippen LogP contribution in [-0.2, 0) is 19.4 Å². The van der Waals surface area contributed by atoms with E-state index in [4.69, 9.17) is 16.3 Å². The number of carbonyl (C=O) groups excluding carboxylic acids is 2. The summed E-state index contributed by atoms with van der Waals surface area (Å²) in [6.07, 6.45) is 3.62. The van der Waals surface area contributed by atoms with Crippen molar-refractivity contribution in [1.82, 2.24) is 10.2 Å². The molecule has 176 valence electrons. The second-order valence-corrected chi connectivity index (χ2v) is 10.9. The number of nitrogens with one attached hydrogen (secondary N) is 1. The number of carboxylic acid groups (broad SMARTS) is 1. The molecule has 3 amide bonds. The van der Waals surface area contributed by atoms with E-state index >= 15 is 0 Å². The number of nitrogens with zero attached hydrogens (tertiary/aromatic N) is 1. The monoisotopic (exact) mass is 486 g/mol. The first-order chi connectivity index (χ1) is 15.1. The maximum absolute atomic E-state index is 12.6. The lowest BCUT2D eigenvalue weighted by Crippen LogP contribution is -2.29. The Morgan fingerprint density at radius 1 is 1.25 bits per heavy atom. The van der Waals surface area contributed by atoms with Crippen molar-refractivity contribution in [2.75, 3.05) is 31.2 Å². The lowest BCUT2D eigenvalue weighted by Gasteiger charge is -2.16. The zero-order chi connectivity index (χ0) is 23.3. The average molecular weight is 487 g/mol. The third kappa shape index (κ3) is 7.09. The van der Waals surface area contributed by atoms with Gasteiger partial charge in [0.15, 0.2) is 9.84 Å². The lowest BCUT2D eigenvalue weighted by atomic mass is 10.0. The number of hydrogen-bond donors (Lipinski definition) is 2. The molecule has 3 rings (SSSR count). The van der Waals surface area contributed by atoms with Crippen LogP contribution in [0.3, 0.4) is 0 Å². The van der Waals surface area contributed by atoms with E-state index in [0.29, 0.717) is 54.7 Å². The Morgan fingerprint density at radius 3 is 2.62 bits per heavy atom. The number of carboxylic acids is 1. The Balaban J connectivity index is 1.51. The Kier molecular flexibility index (Phi) is 8.00. The molecule has 11 heteroatoms. The van der Waals surface area contributed by atoms with Gasteiger partial charge in [-0.2, -0.15) is 0 Å². The van der Waals surface area contributed by atoms with Gasteiger partial charge in [-0.25, -0.2) is 13.2 Å². The van der Waals surface area contributed by atoms with Gasteiger partial charge in [0.2, 0.25) is 5.91 Å². The Labute approximate surface area is 192 Å². The molecule has 1 aromatic carbocycles. The van der Waals surface area contributed by atoms with E-state index in [2.05, 4.69) is 5.32 Å². The molecule has 0 aromatic heterocycles. The number of ether oxygens (including phenoxy) is 1. The molecule has 0 radical (unpaired) electrons. The number of benzene rings is 1. The summed E-state index contributed by atoms with van der Waals surface area (Å²) in [6, 6.07) is 4.13. The summed E-state index contributed by atoms with van der Waals surface area (Å²) in [4.78, 5) is 35.8. The van der Waals surface area contributed by atoms with Crippen LogP contribution in [-0.4, -0.2) is 67.5 Å². The van der Waals surface area contributed by atoms with Gasteiger partial charge in [-0.1, -0.05) is 24.1 Å².